The van der Waals surface area contributed by atoms with Crippen molar-refractivity contribution < 1.29 is 9.47 Å². The van der Waals surface area contributed by atoms with Crippen LogP contribution in [-0.2, 0) is 4.74 Å². The van der Waals surface area contributed by atoms with Gasteiger partial charge in [0.25, 0.3) is 0 Å². The van der Waals surface area contributed by atoms with Crippen LogP contribution in [0.2, 0.25) is 0 Å². The highest BCUT2D eigenvalue weighted by Gasteiger charge is 2.27. The third-order valence-corrected chi connectivity index (χ3v) is 6.65. The van der Waals surface area contributed by atoms with Crippen molar-refractivity contribution in [1.29, 1.82) is 0 Å². The third kappa shape index (κ3) is 4.16. The van der Waals surface area contributed by atoms with Gasteiger partial charge in [-0.25, -0.2) is 4.98 Å². The van der Waals surface area contributed by atoms with Crippen molar-refractivity contribution in [2.75, 3.05) is 44.8 Å². The second kappa shape index (κ2) is 9.03. The van der Waals surface area contributed by atoms with Crippen molar-refractivity contribution in [3.05, 3.63) is 36.4 Å². The van der Waals surface area contributed by atoms with E-state index in [1.165, 1.54) is 5.69 Å². The number of morpholine rings is 1. The molecule has 1 aliphatic rings. The van der Waals surface area contributed by atoms with Crippen molar-refractivity contribution in [2.24, 2.45) is 0 Å². The van der Waals surface area contributed by atoms with Gasteiger partial charge in [0, 0.05) is 30.2 Å². The van der Waals surface area contributed by atoms with Crippen LogP contribution in [0.15, 0.2) is 36.4 Å². The second-order valence-corrected chi connectivity index (χ2v) is 8.71. The summed E-state index contributed by atoms with van der Waals surface area (Å²) >= 11 is 0. The number of fused-ring (bicyclic) bond motifs is 2. The maximum Gasteiger partial charge on any atom is 0.159 e. The zero-order valence-electron chi connectivity index (χ0n) is 19.8. The first kappa shape index (κ1) is 21.7. The van der Waals surface area contributed by atoms with Gasteiger partial charge in [-0.3, -0.25) is 5.10 Å². The molecule has 174 valence electrons. The molecule has 0 spiro atoms. The van der Waals surface area contributed by atoms with Gasteiger partial charge in [0.15, 0.2) is 5.82 Å². The number of imidazole rings is 1. The highest BCUT2D eigenvalue weighted by molar-refractivity contribution is 5.94. The number of nitrogens with one attached hydrogen (secondary N) is 2. The van der Waals surface area contributed by atoms with Crippen molar-refractivity contribution in [3.63, 3.8) is 0 Å². The van der Waals surface area contributed by atoms with E-state index in [1.807, 2.05) is 18.2 Å². The van der Waals surface area contributed by atoms with Crippen molar-refractivity contribution >= 4 is 27.6 Å². The summed E-state index contributed by atoms with van der Waals surface area (Å²) in [5.41, 5.74) is 4.86. The predicted octanol–water partition coefficient (Wildman–Crippen LogP) is 4.05. The van der Waals surface area contributed by atoms with Crippen LogP contribution in [0.1, 0.15) is 20.8 Å². The third-order valence-electron chi connectivity index (χ3n) is 6.65. The Balaban J connectivity index is 1.44. The van der Waals surface area contributed by atoms with Gasteiger partial charge in [-0.15, -0.1) is 0 Å². The van der Waals surface area contributed by atoms with E-state index in [9.17, 15) is 0 Å². The molecule has 2 N–H and O–H groups in total. The number of aromatic nitrogens is 4. The number of nitrogens with zero attached hydrogens (tertiary/aromatic N) is 4. The molecule has 4 aromatic rings. The lowest BCUT2D eigenvalue weighted by molar-refractivity contribution is 0.00265. The summed E-state index contributed by atoms with van der Waals surface area (Å²) < 4.78 is 11.5. The Morgan fingerprint density at radius 3 is 2.79 bits per heavy atom. The van der Waals surface area contributed by atoms with Gasteiger partial charge in [0.05, 0.1) is 36.4 Å². The average Bonchev–Trinajstić information content (AvgIpc) is 3.46. The predicted molar refractivity (Wildman–Crippen MR) is 132 cm³/mol. The molecule has 0 saturated carbocycles. The van der Waals surface area contributed by atoms with E-state index in [2.05, 4.69) is 64.0 Å². The highest BCUT2D eigenvalue weighted by atomic mass is 16.5. The Bertz CT molecular complexity index is 1240. The Morgan fingerprint density at radius 2 is 2.00 bits per heavy atom. The van der Waals surface area contributed by atoms with Crippen LogP contribution >= 0.6 is 0 Å². The summed E-state index contributed by atoms with van der Waals surface area (Å²) in [5, 5.41) is 8.58. The average molecular weight is 449 g/mol. The number of rotatable bonds is 7. The maximum atomic E-state index is 6.15. The van der Waals surface area contributed by atoms with Crippen LogP contribution in [0.4, 0.5) is 5.69 Å². The molecule has 8 nitrogen and oxygen atoms in total. The summed E-state index contributed by atoms with van der Waals surface area (Å²) in [4.78, 5) is 13.2. The van der Waals surface area contributed by atoms with Gasteiger partial charge in [0.1, 0.15) is 11.4 Å². The molecule has 0 amide bonds. The van der Waals surface area contributed by atoms with Crippen LogP contribution in [0, 0.1) is 0 Å². The van der Waals surface area contributed by atoms with Gasteiger partial charge in [-0.05, 0) is 56.4 Å². The number of hydrogen-bond acceptors (Lipinski definition) is 6. The summed E-state index contributed by atoms with van der Waals surface area (Å²) in [6.07, 6.45) is 0.208. The molecular formula is C25H32N6O2. The molecule has 0 aliphatic carbocycles. The van der Waals surface area contributed by atoms with Crippen LogP contribution in [-0.4, -0.2) is 77.1 Å². The van der Waals surface area contributed by atoms with Gasteiger partial charge in [0.2, 0.25) is 0 Å². The number of anilines is 1. The number of benzene rings is 2. The van der Waals surface area contributed by atoms with E-state index < -0.39 is 0 Å². The number of methoxy groups -OCH3 is 1. The topological polar surface area (TPSA) is 82.3 Å². The molecule has 1 aliphatic heterocycles. The first-order valence-corrected chi connectivity index (χ1v) is 11.7. The molecule has 2 aromatic carbocycles. The van der Waals surface area contributed by atoms with Gasteiger partial charge < -0.3 is 24.3 Å². The fourth-order valence-electron chi connectivity index (χ4n) is 4.65. The van der Waals surface area contributed by atoms with Crippen LogP contribution in [0.5, 0.6) is 5.75 Å². The SMILES string of the molecule is CCN(CC)C[C@@H]1CN(c2ccc3nc(-c4n[nH]c5ccc(OC)cc45)[nH]c3c2)[C@@H](C)CO1. The largest absolute Gasteiger partial charge is 0.497 e. The maximum absolute atomic E-state index is 6.15. The standard InChI is InChI=1S/C25H32N6O2/c1-5-30(6-2)13-19-14-31(16(3)15-33-19)17-7-9-22-23(11-17)27-25(26-22)24-20-12-18(32-4)8-10-21(20)28-29-24/h7-12,16,19H,5-6,13-15H2,1-4H3,(H,26,27)(H,28,29)/t16-,19+/m0/s1. The molecule has 2 atom stereocenters. The van der Waals surface area contributed by atoms with Crippen molar-refractivity contribution in [2.45, 2.75) is 32.9 Å². The molecule has 0 radical (unpaired) electrons. The minimum atomic E-state index is 0.208. The number of ether oxygens (including phenoxy) is 2. The quantitative estimate of drug-likeness (QED) is 0.444. The van der Waals surface area contributed by atoms with Gasteiger partial charge >= 0.3 is 0 Å². The number of likely N-dealkylation sites (N-methyl/N-ethyl adjacent to an activating group) is 1. The second-order valence-electron chi connectivity index (χ2n) is 8.71. The minimum Gasteiger partial charge on any atom is -0.497 e. The first-order chi connectivity index (χ1) is 16.1. The molecule has 2 aromatic heterocycles. The molecule has 5 rings (SSSR count). The van der Waals surface area contributed by atoms with Crippen LogP contribution < -0.4 is 9.64 Å². The van der Waals surface area contributed by atoms with E-state index in [0.717, 1.165) is 72.0 Å². The van der Waals surface area contributed by atoms with Crippen molar-refractivity contribution in [3.8, 4) is 17.3 Å². The summed E-state index contributed by atoms with van der Waals surface area (Å²) in [6, 6.07) is 12.6. The van der Waals surface area contributed by atoms with Crippen LogP contribution in [0.3, 0.4) is 0 Å². The zero-order valence-corrected chi connectivity index (χ0v) is 19.8. The summed E-state index contributed by atoms with van der Waals surface area (Å²) in [5.74, 6) is 1.54. The lowest BCUT2D eigenvalue weighted by atomic mass is 10.1. The number of aromatic amines is 2. The Morgan fingerprint density at radius 1 is 1.15 bits per heavy atom. The van der Waals surface area contributed by atoms with Crippen LogP contribution in [0.25, 0.3) is 33.5 Å². The smallest absolute Gasteiger partial charge is 0.159 e. The van der Waals surface area contributed by atoms with Gasteiger partial charge in [-0.2, -0.15) is 5.10 Å². The Labute approximate surface area is 193 Å². The molecule has 3 heterocycles. The fraction of sp³-hybridized carbons (Fsp3) is 0.440. The zero-order chi connectivity index (χ0) is 22.9. The lowest BCUT2D eigenvalue weighted by Gasteiger charge is -2.41. The monoisotopic (exact) mass is 448 g/mol. The van der Waals surface area contributed by atoms with E-state index >= 15 is 0 Å². The summed E-state index contributed by atoms with van der Waals surface area (Å²) in [7, 11) is 1.67. The summed E-state index contributed by atoms with van der Waals surface area (Å²) in [6.45, 7) is 11.3. The molecule has 33 heavy (non-hydrogen) atoms. The number of H-pyrrole nitrogens is 2. The molecular weight excluding hydrogens is 416 g/mol. The van der Waals surface area contributed by atoms with Gasteiger partial charge in [-0.1, -0.05) is 13.8 Å². The van der Waals surface area contributed by atoms with Crippen molar-refractivity contribution in [1.82, 2.24) is 25.1 Å². The molecule has 1 fully saturated rings. The molecule has 1 saturated heterocycles. The van der Waals surface area contributed by atoms with E-state index in [4.69, 9.17) is 14.5 Å². The van der Waals surface area contributed by atoms with E-state index in [-0.39, 0.29) is 6.10 Å². The molecule has 8 heteroatoms. The highest BCUT2D eigenvalue weighted by Crippen LogP contribution is 2.31. The minimum absolute atomic E-state index is 0.208. The number of hydrogen-bond donors (Lipinski definition) is 2. The first-order valence-electron chi connectivity index (χ1n) is 11.7. The molecule has 0 unspecified atom stereocenters. The normalized spacial score (nSPS) is 19.1. The Kier molecular flexibility index (Phi) is 5.95. The van der Waals surface area contributed by atoms with E-state index in [1.54, 1.807) is 7.11 Å². The molecule has 0 bridgehead atoms. The Hall–Kier alpha value is -3.10. The lowest BCUT2D eigenvalue weighted by Crippen LogP contribution is -2.52. The van der Waals surface area contributed by atoms with E-state index in [0.29, 0.717) is 6.04 Å². The fourth-order valence-corrected chi connectivity index (χ4v) is 4.65.